The summed E-state index contributed by atoms with van der Waals surface area (Å²) in [5, 5.41) is 4.96. The molecule has 27 heavy (non-hydrogen) atoms. The molecule has 2 aliphatic rings. The number of fused-ring (bicyclic) bond motifs is 2. The molecule has 1 aliphatic carbocycles. The lowest BCUT2D eigenvalue weighted by Gasteiger charge is -2.47. The Morgan fingerprint density at radius 2 is 1.93 bits per heavy atom. The van der Waals surface area contributed by atoms with E-state index in [9.17, 15) is 4.79 Å². The predicted molar refractivity (Wildman–Crippen MR) is 106 cm³/mol. The van der Waals surface area contributed by atoms with Crippen molar-refractivity contribution >= 4 is 17.0 Å². The lowest BCUT2D eigenvalue weighted by atomic mass is 9.73. The number of aromatic nitrogens is 4. The average molecular weight is 363 g/mol. The van der Waals surface area contributed by atoms with Crippen LogP contribution in [0, 0.1) is 11.8 Å². The van der Waals surface area contributed by atoms with Gasteiger partial charge in [-0.15, -0.1) is 0 Å². The summed E-state index contributed by atoms with van der Waals surface area (Å²) < 4.78 is 1.76. The van der Waals surface area contributed by atoms with Crippen molar-refractivity contribution in [2.24, 2.45) is 11.8 Å². The molecule has 3 aromatic rings. The molecule has 2 aromatic heterocycles. The molecule has 1 aromatic carbocycles. The SMILES string of the molecule is C[C@@H]1CCN(c2nc3c(cnn3-c3ccccc3)c(=O)[nH]2)[C@@H]2CCCC[C@H]12. The molecule has 1 N–H and O–H groups in total. The van der Waals surface area contributed by atoms with Crippen LogP contribution in [0.15, 0.2) is 41.3 Å². The summed E-state index contributed by atoms with van der Waals surface area (Å²) in [4.78, 5) is 23.0. The molecule has 0 amide bonds. The second-order valence-corrected chi connectivity index (χ2v) is 7.99. The number of benzene rings is 1. The molecular weight excluding hydrogens is 338 g/mol. The topological polar surface area (TPSA) is 66.8 Å². The Hall–Kier alpha value is -2.63. The van der Waals surface area contributed by atoms with Crippen LogP contribution in [0.1, 0.15) is 39.0 Å². The van der Waals surface area contributed by atoms with Crippen LogP contribution in [0.5, 0.6) is 0 Å². The number of nitrogens with zero attached hydrogens (tertiary/aromatic N) is 4. The maximum atomic E-state index is 12.7. The number of rotatable bonds is 2. The highest BCUT2D eigenvalue weighted by Crippen LogP contribution is 2.39. The molecule has 3 atom stereocenters. The first-order chi connectivity index (χ1) is 13.2. The Kier molecular flexibility index (Phi) is 3.99. The zero-order chi connectivity index (χ0) is 18.4. The summed E-state index contributed by atoms with van der Waals surface area (Å²) in [6.45, 7) is 3.33. The maximum Gasteiger partial charge on any atom is 0.263 e. The third-order valence-electron chi connectivity index (χ3n) is 6.44. The third kappa shape index (κ3) is 2.74. The minimum absolute atomic E-state index is 0.108. The fourth-order valence-electron chi connectivity index (χ4n) is 4.98. The van der Waals surface area contributed by atoms with Crippen LogP contribution in [0.3, 0.4) is 0 Å². The maximum absolute atomic E-state index is 12.7. The Labute approximate surface area is 158 Å². The number of nitrogens with one attached hydrogen (secondary N) is 1. The Bertz CT molecular complexity index is 1010. The molecule has 6 nitrogen and oxygen atoms in total. The van der Waals surface area contributed by atoms with E-state index in [1.807, 2.05) is 30.3 Å². The van der Waals surface area contributed by atoms with Crippen LogP contribution in [-0.2, 0) is 0 Å². The summed E-state index contributed by atoms with van der Waals surface area (Å²) in [7, 11) is 0. The van der Waals surface area contributed by atoms with E-state index in [4.69, 9.17) is 4.98 Å². The number of hydrogen-bond acceptors (Lipinski definition) is 4. The summed E-state index contributed by atoms with van der Waals surface area (Å²) in [6, 6.07) is 10.4. The number of aromatic amines is 1. The second kappa shape index (κ2) is 6.51. The third-order valence-corrected chi connectivity index (χ3v) is 6.44. The molecule has 6 heteroatoms. The molecule has 1 saturated heterocycles. The van der Waals surface area contributed by atoms with E-state index in [-0.39, 0.29) is 5.56 Å². The highest BCUT2D eigenvalue weighted by molar-refractivity contribution is 5.76. The number of piperidine rings is 1. The molecule has 0 radical (unpaired) electrons. The Morgan fingerprint density at radius 1 is 1.11 bits per heavy atom. The van der Waals surface area contributed by atoms with Crippen LogP contribution in [0.4, 0.5) is 5.95 Å². The van der Waals surface area contributed by atoms with E-state index < -0.39 is 0 Å². The van der Waals surface area contributed by atoms with Gasteiger partial charge < -0.3 is 4.90 Å². The van der Waals surface area contributed by atoms with Gasteiger partial charge in [-0.2, -0.15) is 10.1 Å². The van der Waals surface area contributed by atoms with Crippen LogP contribution in [-0.4, -0.2) is 32.3 Å². The van der Waals surface area contributed by atoms with Crippen molar-refractivity contribution in [3.05, 3.63) is 46.9 Å². The van der Waals surface area contributed by atoms with Gasteiger partial charge in [0.1, 0.15) is 5.39 Å². The molecule has 0 unspecified atom stereocenters. The highest BCUT2D eigenvalue weighted by atomic mass is 16.1. The lowest BCUT2D eigenvalue weighted by Crippen LogP contribution is -2.51. The normalized spacial score (nSPS) is 25.5. The minimum Gasteiger partial charge on any atom is -0.339 e. The van der Waals surface area contributed by atoms with E-state index in [0.29, 0.717) is 28.9 Å². The van der Waals surface area contributed by atoms with E-state index in [0.717, 1.165) is 24.6 Å². The summed E-state index contributed by atoms with van der Waals surface area (Å²) in [5.74, 6) is 2.15. The van der Waals surface area contributed by atoms with E-state index in [1.165, 1.54) is 25.7 Å². The van der Waals surface area contributed by atoms with Gasteiger partial charge >= 0.3 is 0 Å². The summed E-state index contributed by atoms with van der Waals surface area (Å²) in [5.41, 5.74) is 1.44. The molecule has 0 bridgehead atoms. The van der Waals surface area contributed by atoms with Crippen molar-refractivity contribution in [2.75, 3.05) is 11.4 Å². The standard InChI is InChI=1S/C21H25N5O/c1-14-11-12-25(18-10-6-5-9-16(14)18)21-23-19-17(20(27)24-21)13-22-26(19)15-7-3-2-4-8-15/h2-4,7-8,13-14,16,18H,5-6,9-12H2,1H3,(H,23,24,27)/t14-,16-,18-/m1/s1. The first-order valence-electron chi connectivity index (χ1n) is 10.0. The molecule has 2 fully saturated rings. The van der Waals surface area contributed by atoms with Gasteiger partial charge in [-0.25, -0.2) is 4.68 Å². The first kappa shape index (κ1) is 16.5. The van der Waals surface area contributed by atoms with Crippen molar-refractivity contribution < 1.29 is 0 Å². The summed E-state index contributed by atoms with van der Waals surface area (Å²) >= 11 is 0. The predicted octanol–water partition coefficient (Wildman–Crippen LogP) is 3.51. The van der Waals surface area contributed by atoms with E-state index in [1.54, 1.807) is 10.9 Å². The minimum atomic E-state index is -0.108. The quantitative estimate of drug-likeness (QED) is 0.756. The molecular formula is C21H25N5O. The molecule has 0 spiro atoms. The Balaban J connectivity index is 1.60. The summed E-state index contributed by atoms with van der Waals surface area (Å²) in [6.07, 6.45) is 7.83. The largest absolute Gasteiger partial charge is 0.339 e. The van der Waals surface area contributed by atoms with Crippen LogP contribution < -0.4 is 10.5 Å². The van der Waals surface area contributed by atoms with Crippen molar-refractivity contribution in [3.8, 4) is 5.69 Å². The zero-order valence-corrected chi connectivity index (χ0v) is 15.6. The van der Waals surface area contributed by atoms with E-state index in [2.05, 4.69) is 21.9 Å². The van der Waals surface area contributed by atoms with Gasteiger partial charge in [-0.1, -0.05) is 38.0 Å². The monoisotopic (exact) mass is 363 g/mol. The van der Waals surface area contributed by atoms with Gasteiger partial charge in [0.2, 0.25) is 5.95 Å². The van der Waals surface area contributed by atoms with Crippen LogP contribution in [0.2, 0.25) is 0 Å². The van der Waals surface area contributed by atoms with Gasteiger partial charge in [0.25, 0.3) is 5.56 Å². The molecule has 1 aliphatic heterocycles. The van der Waals surface area contributed by atoms with Crippen LogP contribution in [0.25, 0.3) is 16.7 Å². The fraction of sp³-hybridized carbons (Fsp3) is 0.476. The Morgan fingerprint density at radius 3 is 2.78 bits per heavy atom. The van der Waals surface area contributed by atoms with Gasteiger partial charge in [0.15, 0.2) is 5.65 Å². The van der Waals surface area contributed by atoms with Gasteiger partial charge in [-0.3, -0.25) is 9.78 Å². The van der Waals surface area contributed by atoms with Gasteiger partial charge in [0.05, 0.1) is 11.9 Å². The fourth-order valence-corrected chi connectivity index (χ4v) is 4.98. The number of anilines is 1. The number of para-hydroxylation sites is 1. The van der Waals surface area contributed by atoms with Crippen molar-refractivity contribution in [3.63, 3.8) is 0 Å². The lowest BCUT2D eigenvalue weighted by molar-refractivity contribution is 0.176. The molecule has 5 rings (SSSR count). The van der Waals surface area contributed by atoms with Gasteiger partial charge in [0, 0.05) is 12.6 Å². The molecule has 140 valence electrons. The van der Waals surface area contributed by atoms with E-state index >= 15 is 0 Å². The van der Waals surface area contributed by atoms with Crippen LogP contribution >= 0.6 is 0 Å². The van der Waals surface area contributed by atoms with Gasteiger partial charge in [-0.05, 0) is 43.2 Å². The average Bonchev–Trinajstić information content (AvgIpc) is 3.14. The van der Waals surface area contributed by atoms with Crippen molar-refractivity contribution in [2.45, 2.75) is 45.1 Å². The number of H-pyrrole nitrogens is 1. The highest BCUT2D eigenvalue weighted by Gasteiger charge is 2.38. The zero-order valence-electron chi connectivity index (χ0n) is 15.6. The first-order valence-corrected chi connectivity index (χ1v) is 10.0. The van der Waals surface area contributed by atoms with Crippen molar-refractivity contribution in [1.29, 1.82) is 0 Å². The second-order valence-electron chi connectivity index (χ2n) is 7.99. The molecule has 3 heterocycles. The number of hydrogen-bond donors (Lipinski definition) is 1. The van der Waals surface area contributed by atoms with Crippen molar-refractivity contribution in [1.82, 2.24) is 19.7 Å². The molecule has 1 saturated carbocycles. The smallest absolute Gasteiger partial charge is 0.263 e.